The van der Waals surface area contributed by atoms with Gasteiger partial charge in [-0.05, 0) is 49.3 Å². The Hall–Kier alpha value is -1.91. The molecule has 5 nitrogen and oxygen atoms in total. The van der Waals surface area contributed by atoms with E-state index in [-0.39, 0.29) is 5.69 Å². The predicted molar refractivity (Wildman–Crippen MR) is 74.8 cm³/mol. The van der Waals surface area contributed by atoms with Gasteiger partial charge in [0, 0.05) is 19.2 Å². The van der Waals surface area contributed by atoms with E-state index in [0.717, 1.165) is 50.2 Å². The van der Waals surface area contributed by atoms with Crippen molar-refractivity contribution in [3.63, 3.8) is 0 Å². The summed E-state index contributed by atoms with van der Waals surface area (Å²) in [6.07, 6.45) is 8.60. The predicted octanol–water partition coefficient (Wildman–Crippen LogP) is 1.31. The number of nitrogens with zero attached hydrogens (tertiary/aromatic N) is 4. The van der Waals surface area contributed by atoms with Crippen LogP contribution in [0.4, 0.5) is 0 Å². The molecular weight excluding hydrogens is 252 g/mol. The molecular formula is C15H18N4O. The summed E-state index contributed by atoms with van der Waals surface area (Å²) < 4.78 is 3.39. The monoisotopic (exact) mass is 270 g/mol. The van der Waals surface area contributed by atoms with Gasteiger partial charge in [-0.1, -0.05) is 0 Å². The molecule has 0 atom stereocenters. The summed E-state index contributed by atoms with van der Waals surface area (Å²) in [5.41, 5.74) is 3.72. The lowest BCUT2D eigenvalue weighted by molar-refractivity contribution is 0.511. The Morgan fingerprint density at radius 3 is 2.90 bits per heavy atom. The summed E-state index contributed by atoms with van der Waals surface area (Å²) in [6, 6.07) is 2.15. The second-order valence-electron chi connectivity index (χ2n) is 5.76. The molecule has 0 bridgehead atoms. The van der Waals surface area contributed by atoms with Gasteiger partial charge in [-0.3, -0.25) is 9.55 Å². The van der Waals surface area contributed by atoms with E-state index in [4.69, 9.17) is 0 Å². The van der Waals surface area contributed by atoms with Crippen LogP contribution in [0.5, 0.6) is 0 Å². The average molecular weight is 270 g/mol. The number of pyridine rings is 1. The van der Waals surface area contributed by atoms with Crippen molar-refractivity contribution >= 4 is 0 Å². The largest absolute Gasteiger partial charge is 0.346 e. The third-order valence-electron chi connectivity index (χ3n) is 4.38. The lowest BCUT2D eigenvalue weighted by Gasteiger charge is -2.09. The Kier molecular flexibility index (Phi) is 2.72. The summed E-state index contributed by atoms with van der Waals surface area (Å²) in [5.74, 6) is 0.933. The average Bonchev–Trinajstić information content (AvgIpc) is 3.05. The minimum atomic E-state index is 0.0157. The van der Waals surface area contributed by atoms with Crippen LogP contribution in [0.3, 0.4) is 0 Å². The Bertz CT molecular complexity index is 713. The first-order valence-corrected chi connectivity index (χ1v) is 7.44. The van der Waals surface area contributed by atoms with Crippen molar-refractivity contribution in [3.8, 4) is 0 Å². The standard InChI is InChI=1S/C15H18N4O/c20-15-18-7-2-1-6-14(18)17-19(15)10-13-8-11-4-3-5-12(11)9-16-13/h8-9H,1-7,10H2. The highest BCUT2D eigenvalue weighted by Crippen LogP contribution is 2.21. The molecule has 2 aromatic heterocycles. The molecule has 0 unspecified atom stereocenters. The van der Waals surface area contributed by atoms with E-state index < -0.39 is 0 Å². The van der Waals surface area contributed by atoms with Gasteiger partial charge in [0.2, 0.25) is 0 Å². The number of fused-ring (bicyclic) bond motifs is 2. The maximum atomic E-state index is 12.3. The number of aryl methyl sites for hydroxylation is 3. The van der Waals surface area contributed by atoms with Gasteiger partial charge in [-0.25, -0.2) is 9.48 Å². The molecule has 104 valence electrons. The summed E-state index contributed by atoms with van der Waals surface area (Å²) in [7, 11) is 0. The van der Waals surface area contributed by atoms with Gasteiger partial charge in [0.1, 0.15) is 5.82 Å². The number of aromatic nitrogens is 4. The molecule has 1 aliphatic carbocycles. The topological polar surface area (TPSA) is 52.7 Å². The first-order valence-electron chi connectivity index (χ1n) is 7.44. The maximum Gasteiger partial charge on any atom is 0.346 e. The third kappa shape index (κ3) is 1.88. The van der Waals surface area contributed by atoms with E-state index in [9.17, 15) is 4.79 Å². The molecule has 3 heterocycles. The van der Waals surface area contributed by atoms with Gasteiger partial charge in [0.15, 0.2) is 0 Å². The Morgan fingerprint density at radius 1 is 1.10 bits per heavy atom. The Morgan fingerprint density at radius 2 is 2.00 bits per heavy atom. The first-order chi connectivity index (χ1) is 9.81. The smallest absolute Gasteiger partial charge is 0.279 e. The molecule has 1 aliphatic heterocycles. The van der Waals surface area contributed by atoms with Crippen molar-refractivity contribution in [2.24, 2.45) is 0 Å². The van der Waals surface area contributed by atoms with Crippen LogP contribution in [0, 0.1) is 0 Å². The molecule has 0 saturated carbocycles. The number of hydrogen-bond donors (Lipinski definition) is 0. The summed E-state index contributed by atoms with van der Waals surface area (Å²) in [6.45, 7) is 1.30. The Labute approximate surface area is 117 Å². The zero-order valence-electron chi connectivity index (χ0n) is 11.5. The Balaban J connectivity index is 1.66. The van der Waals surface area contributed by atoms with Crippen molar-refractivity contribution in [2.75, 3.05) is 0 Å². The number of hydrogen-bond acceptors (Lipinski definition) is 3. The highest BCUT2D eigenvalue weighted by molar-refractivity contribution is 5.30. The third-order valence-corrected chi connectivity index (χ3v) is 4.38. The minimum absolute atomic E-state index is 0.0157. The van der Waals surface area contributed by atoms with Gasteiger partial charge in [-0.15, -0.1) is 0 Å². The molecule has 0 N–H and O–H groups in total. The van der Waals surface area contributed by atoms with Crippen LogP contribution < -0.4 is 5.69 Å². The zero-order chi connectivity index (χ0) is 13.5. The molecule has 20 heavy (non-hydrogen) atoms. The SMILES string of the molecule is O=c1n(Cc2cc3c(cn2)CCC3)nc2n1CCCC2. The van der Waals surface area contributed by atoms with Crippen molar-refractivity contribution in [1.29, 1.82) is 0 Å². The molecule has 0 aromatic carbocycles. The molecule has 2 aromatic rings. The molecule has 0 fully saturated rings. The lowest BCUT2D eigenvalue weighted by atomic mass is 10.1. The van der Waals surface area contributed by atoms with Crippen LogP contribution in [-0.4, -0.2) is 19.3 Å². The van der Waals surface area contributed by atoms with Gasteiger partial charge in [0.05, 0.1) is 12.2 Å². The maximum absolute atomic E-state index is 12.3. The molecule has 0 saturated heterocycles. The zero-order valence-corrected chi connectivity index (χ0v) is 11.5. The van der Waals surface area contributed by atoms with Gasteiger partial charge < -0.3 is 0 Å². The van der Waals surface area contributed by atoms with Crippen LogP contribution in [-0.2, 0) is 32.4 Å². The second kappa shape index (κ2) is 4.58. The van der Waals surface area contributed by atoms with Crippen molar-refractivity contribution in [2.45, 2.75) is 51.6 Å². The van der Waals surface area contributed by atoms with Gasteiger partial charge in [0.25, 0.3) is 0 Å². The van der Waals surface area contributed by atoms with Crippen molar-refractivity contribution in [1.82, 2.24) is 19.3 Å². The van der Waals surface area contributed by atoms with Crippen molar-refractivity contribution < 1.29 is 0 Å². The van der Waals surface area contributed by atoms with Crippen LogP contribution in [0.2, 0.25) is 0 Å². The van der Waals surface area contributed by atoms with Gasteiger partial charge >= 0.3 is 5.69 Å². The second-order valence-corrected chi connectivity index (χ2v) is 5.76. The number of rotatable bonds is 2. The van der Waals surface area contributed by atoms with E-state index in [1.54, 1.807) is 4.68 Å². The fraction of sp³-hybridized carbons (Fsp3) is 0.533. The van der Waals surface area contributed by atoms with Crippen molar-refractivity contribution in [3.05, 3.63) is 45.4 Å². The fourth-order valence-corrected chi connectivity index (χ4v) is 3.29. The molecule has 5 heteroatoms. The highest BCUT2D eigenvalue weighted by Gasteiger charge is 2.18. The van der Waals surface area contributed by atoms with E-state index >= 15 is 0 Å². The highest BCUT2D eigenvalue weighted by atomic mass is 16.2. The molecule has 0 amide bonds. The normalized spacial score (nSPS) is 17.0. The fourth-order valence-electron chi connectivity index (χ4n) is 3.29. The molecule has 2 aliphatic rings. The summed E-state index contributed by atoms with van der Waals surface area (Å²) in [5, 5.41) is 4.47. The molecule has 4 rings (SSSR count). The lowest BCUT2D eigenvalue weighted by Crippen LogP contribution is -2.27. The summed E-state index contributed by atoms with van der Waals surface area (Å²) >= 11 is 0. The van der Waals surface area contributed by atoms with Crippen LogP contribution in [0.25, 0.3) is 0 Å². The van der Waals surface area contributed by atoms with E-state index in [2.05, 4.69) is 16.1 Å². The van der Waals surface area contributed by atoms with Crippen LogP contribution >= 0.6 is 0 Å². The first kappa shape index (κ1) is 11.9. The molecule has 0 spiro atoms. The van der Waals surface area contributed by atoms with E-state index in [1.165, 1.54) is 17.5 Å². The van der Waals surface area contributed by atoms with E-state index in [0.29, 0.717) is 6.54 Å². The summed E-state index contributed by atoms with van der Waals surface area (Å²) in [4.78, 5) is 16.8. The van der Waals surface area contributed by atoms with Crippen LogP contribution in [0.1, 0.15) is 41.9 Å². The van der Waals surface area contributed by atoms with Gasteiger partial charge in [-0.2, -0.15) is 5.10 Å². The van der Waals surface area contributed by atoms with E-state index in [1.807, 2.05) is 10.8 Å². The molecule has 0 radical (unpaired) electrons. The quantitative estimate of drug-likeness (QED) is 0.827. The van der Waals surface area contributed by atoms with Crippen LogP contribution in [0.15, 0.2) is 17.1 Å². The minimum Gasteiger partial charge on any atom is -0.279 e.